The number of nitrogens with one attached hydrogen (secondary N) is 2. The first-order chi connectivity index (χ1) is 13.6. The summed E-state index contributed by atoms with van der Waals surface area (Å²) in [7, 11) is 1.62. The normalized spacial score (nSPS) is 14.4. The van der Waals surface area contributed by atoms with Crippen molar-refractivity contribution in [2.45, 2.75) is 31.8 Å². The van der Waals surface area contributed by atoms with Crippen molar-refractivity contribution in [2.75, 3.05) is 12.4 Å². The number of ether oxygens (including phenoxy) is 1. The number of nitrogens with zero attached hydrogens (tertiary/aromatic N) is 2. The van der Waals surface area contributed by atoms with Gasteiger partial charge in [0.1, 0.15) is 11.8 Å². The molecule has 2 N–H and O–H groups in total. The van der Waals surface area contributed by atoms with E-state index >= 15 is 0 Å². The first kappa shape index (κ1) is 18.0. The molecule has 0 radical (unpaired) electrons. The summed E-state index contributed by atoms with van der Waals surface area (Å²) in [5.41, 5.74) is 2.28. The summed E-state index contributed by atoms with van der Waals surface area (Å²) in [5, 5.41) is 14.6. The van der Waals surface area contributed by atoms with Gasteiger partial charge in [0.15, 0.2) is 0 Å². The number of hydrogen-bond acceptors (Lipinski definition) is 6. The molecule has 1 heterocycles. The van der Waals surface area contributed by atoms with Crippen LogP contribution in [0.25, 0.3) is 11.5 Å². The SMILES string of the molecule is COc1ccc(-c2nnc(C(C)Nc3cccc(C(=O)NC4CC4)c3)o2)cc1. The molecule has 1 saturated carbocycles. The minimum absolute atomic E-state index is 0.0432. The Morgan fingerprint density at radius 2 is 1.96 bits per heavy atom. The summed E-state index contributed by atoms with van der Waals surface area (Å²) >= 11 is 0. The van der Waals surface area contributed by atoms with Crippen molar-refractivity contribution in [1.82, 2.24) is 15.5 Å². The molecule has 28 heavy (non-hydrogen) atoms. The lowest BCUT2D eigenvalue weighted by atomic mass is 10.1. The summed E-state index contributed by atoms with van der Waals surface area (Å²) < 4.78 is 11.0. The fraction of sp³-hybridized carbons (Fsp3) is 0.286. The molecule has 1 unspecified atom stereocenters. The van der Waals surface area contributed by atoms with Gasteiger partial charge in [-0.2, -0.15) is 0 Å². The average molecular weight is 378 g/mol. The van der Waals surface area contributed by atoms with Crippen LogP contribution in [0.15, 0.2) is 52.9 Å². The Balaban J connectivity index is 1.44. The third kappa shape index (κ3) is 4.14. The lowest BCUT2D eigenvalue weighted by Gasteiger charge is -2.12. The molecule has 1 aromatic heterocycles. The zero-order valence-electron chi connectivity index (χ0n) is 15.8. The highest BCUT2D eigenvalue weighted by atomic mass is 16.5. The number of methoxy groups -OCH3 is 1. The van der Waals surface area contributed by atoms with Crippen molar-refractivity contribution >= 4 is 11.6 Å². The molecule has 4 rings (SSSR count). The van der Waals surface area contributed by atoms with E-state index in [-0.39, 0.29) is 11.9 Å². The van der Waals surface area contributed by atoms with Crippen molar-refractivity contribution in [1.29, 1.82) is 0 Å². The van der Waals surface area contributed by atoms with Gasteiger partial charge in [0.05, 0.1) is 7.11 Å². The van der Waals surface area contributed by atoms with E-state index in [0.29, 0.717) is 23.4 Å². The highest BCUT2D eigenvalue weighted by molar-refractivity contribution is 5.95. The molecule has 1 atom stereocenters. The van der Waals surface area contributed by atoms with E-state index < -0.39 is 0 Å². The van der Waals surface area contributed by atoms with E-state index in [4.69, 9.17) is 9.15 Å². The number of carbonyl (C=O) groups excluding carboxylic acids is 1. The standard InChI is InChI=1S/C21H22N4O3/c1-13(20-24-25-21(28-20)14-6-10-18(27-2)11-7-14)22-17-5-3-4-15(12-17)19(26)23-16-8-9-16/h3-7,10-13,16,22H,8-9H2,1-2H3,(H,23,26). The molecule has 0 saturated heterocycles. The molecule has 3 aromatic rings. The molecule has 2 aromatic carbocycles. The van der Waals surface area contributed by atoms with Crippen LogP contribution in [0.4, 0.5) is 5.69 Å². The van der Waals surface area contributed by atoms with Crippen molar-refractivity contribution < 1.29 is 13.9 Å². The largest absolute Gasteiger partial charge is 0.497 e. The quantitative estimate of drug-likeness (QED) is 0.650. The highest BCUT2D eigenvalue weighted by Crippen LogP contribution is 2.25. The molecule has 0 aliphatic heterocycles. The van der Waals surface area contributed by atoms with Gasteiger partial charge in [-0.15, -0.1) is 10.2 Å². The molecule has 1 amide bonds. The first-order valence-corrected chi connectivity index (χ1v) is 9.27. The molecular weight excluding hydrogens is 356 g/mol. The number of rotatable bonds is 7. The Morgan fingerprint density at radius 1 is 1.18 bits per heavy atom. The zero-order chi connectivity index (χ0) is 19.5. The Morgan fingerprint density at radius 3 is 2.68 bits per heavy atom. The lowest BCUT2D eigenvalue weighted by molar-refractivity contribution is 0.0951. The second-order valence-corrected chi connectivity index (χ2v) is 6.87. The predicted octanol–water partition coefficient (Wildman–Crippen LogP) is 3.81. The van der Waals surface area contributed by atoms with E-state index in [1.54, 1.807) is 7.11 Å². The predicted molar refractivity (Wildman–Crippen MR) is 105 cm³/mol. The number of carbonyl (C=O) groups is 1. The van der Waals surface area contributed by atoms with E-state index in [1.165, 1.54) is 0 Å². The zero-order valence-corrected chi connectivity index (χ0v) is 15.8. The van der Waals surface area contributed by atoms with Crippen LogP contribution in [0.5, 0.6) is 5.75 Å². The Kier molecular flexibility index (Phi) is 4.97. The third-order valence-corrected chi connectivity index (χ3v) is 4.57. The van der Waals surface area contributed by atoms with Gasteiger partial charge < -0.3 is 19.8 Å². The minimum atomic E-state index is -0.207. The van der Waals surface area contributed by atoms with Gasteiger partial charge in [0.2, 0.25) is 11.8 Å². The summed E-state index contributed by atoms with van der Waals surface area (Å²) in [5.74, 6) is 1.64. The van der Waals surface area contributed by atoms with E-state index in [1.807, 2.05) is 55.5 Å². The highest BCUT2D eigenvalue weighted by Gasteiger charge is 2.24. The van der Waals surface area contributed by atoms with Crippen LogP contribution in [0.2, 0.25) is 0 Å². The van der Waals surface area contributed by atoms with Crippen LogP contribution in [-0.4, -0.2) is 29.3 Å². The lowest BCUT2D eigenvalue weighted by Crippen LogP contribution is -2.25. The van der Waals surface area contributed by atoms with Crippen LogP contribution < -0.4 is 15.4 Å². The second-order valence-electron chi connectivity index (χ2n) is 6.87. The molecule has 1 fully saturated rings. The summed E-state index contributed by atoms with van der Waals surface area (Å²) in [6, 6.07) is 15.0. The van der Waals surface area contributed by atoms with Gasteiger partial charge in [0.25, 0.3) is 5.91 Å². The maximum absolute atomic E-state index is 12.2. The number of hydrogen-bond donors (Lipinski definition) is 2. The summed E-state index contributed by atoms with van der Waals surface area (Å²) in [6.07, 6.45) is 2.13. The van der Waals surface area contributed by atoms with Crippen LogP contribution in [0.3, 0.4) is 0 Å². The van der Waals surface area contributed by atoms with Gasteiger partial charge in [0, 0.05) is 22.9 Å². The van der Waals surface area contributed by atoms with Crippen molar-refractivity contribution in [3.63, 3.8) is 0 Å². The third-order valence-electron chi connectivity index (χ3n) is 4.57. The molecule has 0 spiro atoms. The fourth-order valence-electron chi connectivity index (χ4n) is 2.82. The molecule has 1 aliphatic carbocycles. The summed E-state index contributed by atoms with van der Waals surface area (Å²) in [6.45, 7) is 1.93. The number of anilines is 1. The summed E-state index contributed by atoms with van der Waals surface area (Å²) in [4.78, 5) is 12.2. The number of aromatic nitrogens is 2. The number of benzene rings is 2. The smallest absolute Gasteiger partial charge is 0.251 e. The Hall–Kier alpha value is -3.35. The van der Waals surface area contributed by atoms with Gasteiger partial charge in [-0.05, 0) is 62.2 Å². The molecule has 0 bridgehead atoms. The molecular formula is C21H22N4O3. The van der Waals surface area contributed by atoms with E-state index in [9.17, 15) is 4.79 Å². The topological polar surface area (TPSA) is 89.3 Å². The Labute approximate surface area is 163 Å². The molecule has 7 nitrogen and oxygen atoms in total. The van der Waals surface area contributed by atoms with E-state index in [0.717, 1.165) is 29.8 Å². The van der Waals surface area contributed by atoms with Crippen molar-refractivity contribution in [3.05, 3.63) is 60.0 Å². The van der Waals surface area contributed by atoms with E-state index in [2.05, 4.69) is 20.8 Å². The van der Waals surface area contributed by atoms with Crippen LogP contribution >= 0.6 is 0 Å². The maximum Gasteiger partial charge on any atom is 0.251 e. The van der Waals surface area contributed by atoms with Crippen molar-refractivity contribution in [2.24, 2.45) is 0 Å². The Bertz CT molecular complexity index is 964. The van der Waals surface area contributed by atoms with Crippen LogP contribution in [-0.2, 0) is 0 Å². The fourth-order valence-corrected chi connectivity index (χ4v) is 2.82. The van der Waals surface area contributed by atoms with Gasteiger partial charge in [-0.25, -0.2) is 0 Å². The first-order valence-electron chi connectivity index (χ1n) is 9.27. The molecule has 1 aliphatic rings. The minimum Gasteiger partial charge on any atom is -0.497 e. The van der Waals surface area contributed by atoms with Gasteiger partial charge in [-0.1, -0.05) is 6.07 Å². The average Bonchev–Trinajstić information content (AvgIpc) is 3.39. The van der Waals surface area contributed by atoms with Gasteiger partial charge >= 0.3 is 0 Å². The second kappa shape index (κ2) is 7.72. The molecule has 144 valence electrons. The molecule has 7 heteroatoms. The van der Waals surface area contributed by atoms with Gasteiger partial charge in [-0.3, -0.25) is 4.79 Å². The maximum atomic E-state index is 12.2. The van der Waals surface area contributed by atoms with Crippen LogP contribution in [0, 0.1) is 0 Å². The monoisotopic (exact) mass is 378 g/mol. The number of amides is 1. The van der Waals surface area contributed by atoms with Crippen LogP contribution in [0.1, 0.15) is 42.1 Å². The van der Waals surface area contributed by atoms with Crippen molar-refractivity contribution in [3.8, 4) is 17.2 Å².